The number of anilines is 1. The highest BCUT2D eigenvalue weighted by Gasteiger charge is 2.24. The van der Waals surface area contributed by atoms with Crippen LogP contribution >= 0.6 is 0 Å². The van der Waals surface area contributed by atoms with E-state index < -0.39 is 0 Å². The van der Waals surface area contributed by atoms with Gasteiger partial charge in [0, 0.05) is 25.2 Å². The summed E-state index contributed by atoms with van der Waals surface area (Å²) in [5, 5.41) is 2.98. The van der Waals surface area contributed by atoms with Gasteiger partial charge in [-0.1, -0.05) is 17.7 Å². The highest BCUT2D eigenvalue weighted by Crippen LogP contribution is 2.24. The lowest BCUT2D eigenvalue weighted by Crippen LogP contribution is -2.42. The molecule has 1 heterocycles. The number of piperidine rings is 1. The number of carbonyl (C=O) groups is 2. The van der Waals surface area contributed by atoms with Gasteiger partial charge in [-0.2, -0.15) is 0 Å². The Morgan fingerprint density at radius 2 is 1.84 bits per heavy atom. The number of rotatable bonds is 8. The smallest absolute Gasteiger partial charge is 0.260 e. The largest absolute Gasteiger partial charge is 0.497 e. The minimum absolute atomic E-state index is 0.000536. The minimum Gasteiger partial charge on any atom is -0.497 e. The van der Waals surface area contributed by atoms with Gasteiger partial charge in [0.15, 0.2) is 6.61 Å². The number of hydrogen-bond acceptors (Lipinski definition) is 4. The predicted octanol–water partition coefficient (Wildman–Crippen LogP) is 4.35. The molecule has 31 heavy (non-hydrogen) atoms. The molecule has 0 saturated carbocycles. The van der Waals surface area contributed by atoms with Crippen LogP contribution in [0, 0.1) is 19.8 Å². The third-order valence-corrected chi connectivity index (χ3v) is 5.74. The van der Waals surface area contributed by atoms with Gasteiger partial charge in [0.05, 0.1) is 7.11 Å². The van der Waals surface area contributed by atoms with Crippen molar-refractivity contribution >= 4 is 17.5 Å². The summed E-state index contributed by atoms with van der Waals surface area (Å²) < 4.78 is 10.8. The predicted molar refractivity (Wildman–Crippen MR) is 122 cm³/mol. The Morgan fingerprint density at radius 3 is 2.55 bits per heavy atom. The van der Waals surface area contributed by atoms with Crippen molar-refractivity contribution in [2.45, 2.75) is 39.5 Å². The third-order valence-electron chi connectivity index (χ3n) is 5.74. The zero-order valence-corrected chi connectivity index (χ0v) is 18.6. The van der Waals surface area contributed by atoms with E-state index in [0.29, 0.717) is 24.6 Å². The first-order valence-electron chi connectivity index (χ1n) is 10.9. The third kappa shape index (κ3) is 6.74. The Balaban J connectivity index is 1.43. The van der Waals surface area contributed by atoms with Gasteiger partial charge in [-0.05, 0) is 74.9 Å². The van der Waals surface area contributed by atoms with Gasteiger partial charge >= 0.3 is 0 Å². The lowest BCUT2D eigenvalue weighted by molar-refractivity contribution is -0.135. The number of carbonyl (C=O) groups excluding carboxylic acids is 2. The van der Waals surface area contributed by atoms with Gasteiger partial charge in [0.25, 0.3) is 5.91 Å². The summed E-state index contributed by atoms with van der Waals surface area (Å²) in [6, 6.07) is 13.3. The number of nitrogens with one attached hydrogen (secondary N) is 1. The molecule has 2 amide bonds. The summed E-state index contributed by atoms with van der Waals surface area (Å²) in [5.74, 6) is 1.81. The molecular weight excluding hydrogens is 392 g/mol. The monoisotopic (exact) mass is 424 g/mol. The Bertz CT molecular complexity index is 895. The summed E-state index contributed by atoms with van der Waals surface area (Å²) in [4.78, 5) is 26.9. The second-order valence-corrected chi connectivity index (χ2v) is 8.22. The fraction of sp³-hybridized carbons (Fsp3) is 0.440. The summed E-state index contributed by atoms with van der Waals surface area (Å²) in [7, 11) is 1.62. The molecule has 2 aromatic rings. The van der Waals surface area contributed by atoms with E-state index >= 15 is 0 Å². The molecule has 0 bridgehead atoms. The first-order chi connectivity index (χ1) is 14.9. The number of likely N-dealkylation sites (tertiary alicyclic amines) is 1. The van der Waals surface area contributed by atoms with Crippen molar-refractivity contribution in [2.24, 2.45) is 5.92 Å². The van der Waals surface area contributed by atoms with Crippen LogP contribution in [0.5, 0.6) is 11.5 Å². The average Bonchev–Trinajstić information content (AvgIpc) is 2.78. The number of amides is 2. The van der Waals surface area contributed by atoms with Crippen molar-refractivity contribution in [3.05, 3.63) is 53.6 Å². The lowest BCUT2D eigenvalue weighted by Gasteiger charge is -2.32. The van der Waals surface area contributed by atoms with Crippen molar-refractivity contribution in [3.63, 3.8) is 0 Å². The Labute approximate surface area is 184 Å². The van der Waals surface area contributed by atoms with Crippen LogP contribution in [0.2, 0.25) is 0 Å². The Hall–Kier alpha value is -3.02. The van der Waals surface area contributed by atoms with Crippen LogP contribution in [-0.4, -0.2) is 43.5 Å². The standard InChI is InChI=1S/C25H32N2O4/c1-18-6-9-21(10-7-18)31-17-25(29)27-14-4-5-20(16-27)8-13-24(28)26-23-12-11-22(30-3)15-19(23)2/h6-7,9-12,15,20H,4-5,8,13-14,16-17H2,1-3H3,(H,26,28). The van der Waals surface area contributed by atoms with Crippen molar-refractivity contribution in [1.29, 1.82) is 0 Å². The number of benzene rings is 2. The van der Waals surface area contributed by atoms with Crippen LogP contribution < -0.4 is 14.8 Å². The molecule has 1 aliphatic heterocycles. The molecule has 0 spiro atoms. The summed E-state index contributed by atoms with van der Waals surface area (Å²) >= 11 is 0. The van der Waals surface area contributed by atoms with Gasteiger partial charge in [-0.15, -0.1) is 0 Å². The molecule has 1 atom stereocenters. The molecule has 0 radical (unpaired) electrons. The van der Waals surface area contributed by atoms with E-state index in [-0.39, 0.29) is 18.4 Å². The molecule has 166 valence electrons. The Kier molecular flexibility index (Phi) is 7.93. The maximum Gasteiger partial charge on any atom is 0.260 e. The van der Waals surface area contributed by atoms with Crippen LogP contribution in [0.25, 0.3) is 0 Å². The molecule has 1 N–H and O–H groups in total. The zero-order valence-electron chi connectivity index (χ0n) is 18.6. The molecule has 1 saturated heterocycles. The second-order valence-electron chi connectivity index (χ2n) is 8.22. The van der Waals surface area contributed by atoms with Gasteiger partial charge < -0.3 is 19.7 Å². The van der Waals surface area contributed by atoms with Crippen LogP contribution in [0.1, 0.15) is 36.8 Å². The maximum absolute atomic E-state index is 12.6. The van der Waals surface area contributed by atoms with E-state index in [4.69, 9.17) is 9.47 Å². The van der Waals surface area contributed by atoms with Gasteiger partial charge in [0.2, 0.25) is 5.91 Å². The molecule has 1 fully saturated rings. The summed E-state index contributed by atoms with van der Waals surface area (Å²) in [5.41, 5.74) is 2.93. The SMILES string of the molecule is COc1ccc(NC(=O)CCC2CCCN(C(=O)COc3ccc(C)cc3)C2)c(C)c1. The van der Waals surface area contributed by atoms with E-state index in [1.54, 1.807) is 7.11 Å². The van der Waals surface area contributed by atoms with E-state index in [2.05, 4.69) is 5.32 Å². The average molecular weight is 425 g/mol. The topological polar surface area (TPSA) is 67.9 Å². The summed E-state index contributed by atoms with van der Waals surface area (Å²) in [6.45, 7) is 5.45. The summed E-state index contributed by atoms with van der Waals surface area (Å²) in [6.07, 6.45) is 3.21. The van der Waals surface area contributed by atoms with Gasteiger partial charge in [-0.3, -0.25) is 9.59 Å². The van der Waals surface area contributed by atoms with E-state index in [1.165, 1.54) is 0 Å². The van der Waals surface area contributed by atoms with Crippen molar-refractivity contribution in [3.8, 4) is 11.5 Å². The zero-order chi connectivity index (χ0) is 22.2. The number of aryl methyl sites for hydroxylation is 2. The first-order valence-corrected chi connectivity index (χ1v) is 10.9. The van der Waals surface area contributed by atoms with Crippen molar-refractivity contribution < 1.29 is 19.1 Å². The normalized spacial score (nSPS) is 16.0. The Morgan fingerprint density at radius 1 is 1.10 bits per heavy atom. The molecule has 1 aliphatic rings. The lowest BCUT2D eigenvalue weighted by atomic mass is 9.93. The minimum atomic E-state index is -0.000536. The first kappa shape index (κ1) is 22.7. The van der Waals surface area contributed by atoms with Crippen LogP contribution in [0.15, 0.2) is 42.5 Å². The molecule has 0 aliphatic carbocycles. The van der Waals surface area contributed by atoms with E-state index in [1.807, 2.05) is 61.2 Å². The van der Waals surface area contributed by atoms with Crippen LogP contribution in [0.4, 0.5) is 5.69 Å². The van der Waals surface area contributed by atoms with Crippen LogP contribution in [0.3, 0.4) is 0 Å². The highest BCUT2D eigenvalue weighted by molar-refractivity contribution is 5.91. The molecule has 3 rings (SSSR count). The fourth-order valence-corrected chi connectivity index (χ4v) is 3.85. The fourth-order valence-electron chi connectivity index (χ4n) is 3.85. The van der Waals surface area contributed by atoms with Crippen molar-refractivity contribution in [2.75, 3.05) is 32.1 Å². The van der Waals surface area contributed by atoms with Crippen LogP contribution in [-0.2, 0) is 9.59 Å². The van der Waals surface area contributed by atoms with E-state index in [9.17, 15) is 9.59 Å². The quantitative estimate of drug-likeness (QED) is 0.684. The molecule has 6 heteroatoms. The number of methoxy groups -OCH3 is 1. The van der Waals surface area contributed by atoms with E-state index in [0.717, 1.165) is 48.4 Å². The number of nitrogens with zero attached hydrogens (tertiary/aromatic N) is 1. The molecular formula is C25H32N2O4. The van der Waals surface area contributed by atoms with Gasteiger partial charge in [0.1, 0.15) is 11.5 Å². The maximum atomic E-state index is 12.6. The van der Waals surface area contributed by atoms with Crippen molar-refractivity contribution in [1.82, 2.24) is 4.90 Å². The number of ether oxygens (including phenoxy) is 2. The number of hydrogen-bond donors (Lipinski definition) is 1. The highest BCUT2D eigenvalue weighted by atomic mass is 16.5. The molecule has 6 nitrogen and oxygen atoms in total. The molecule has 2 aromatic carbocycles. The second kappa shape index (κ2) is 10.8. The van der Waals surface area contributed by atoms with Gasteiger partial charge in [-0.25, -0.2) is 0 Å². The molecule has 1 unspecified atom stereocenters. The molecule has 0 aromatic heterocycles.